The number of methoxy groups -OCH3 is 1. The lowest BCUT2D eigenvalue weighted by molar-refractivity contribution is -0.127. The zero-order chi connectivity index (χ0) is 15.8. The predicted octanol–water partition coefficient (Wildman–Crippen LogP) is 2.35. The molecule has 128 valence electrons. The zero-order valence-electron chi connectivity index (χ0n) is 13.4. The Kier molecular flexibility index (Phi) is 8.75. The van der Waals surface area contributed by atoms with Gasteiger partial charge in [0, 0.05) is 24.7 Å². The van der Waals surface area contributed by atoms with Crippen molar-refractivity contribution < 1.29 is 9.53 Å². The van der Waals surface area contributed by atoms with Crippen molar-refractivity contribution >= 4 is 41.5 Å². The highest BCUT2D eigenvalue weighted by atomic mass is 127. The van der Waals surface area contributed by atoms with Crippen molar-refractivity contribution in [3.05, 3.63) is 24.3 Å². The van der Waals surface area contributed by atoms with Crippen molar-refractivity contribution in [2.45, 2.75) is 25.7 Å². The fourth-order valence-electron chi connectivity index (χ4n) is 2.17. The number of ether oxygens (including phenoxy) is 1. The summed E-state index contributed by atoms with van der Waals surface area (Å²) in [6, 6.07) is 7.46. The van der Waals surface area contributed by atoms with E-state index in [9.17, 15) is 4.79 Å². The lowest BCUT2D eigenvalue weighted by Crippen LogP contribution is -2.35. The van der Waals surface area contributed by atoms with Crippen LogP contribution in [0.3, 0.4) is 0 Å². The minimum atomic E-state index is 0. The Bertz CT molecular complexity index is 515. The number of amides is 1. The number of guanidine groups is 1. The van der Waals surface area contributed by atoms with Crippen LogP contribution < -0.4 is 21.1 Å². The van der Waals surface area contributed by atoms with Gasteiger partial charge < -0.3 is 21.1 Å². The molecule has 1 fully saturated rings. The molecule has 0 aromatic heterocycles. The van der Waals surface area contributed by atoms with Crippen LogP contribution in [-0.4, -0.2) is 32.1 Å². The number of nitrogens with one attached hydrogen (secondary N) is 2. The third kappa shape index (κ3) is 6.64. The number of rotatable bonds is 7. The molecule has 1 amide bonds. The first-order chi connectivity index (χ1) is 10.7. The van der Waals surface area contributed by atoms with E-state index >= 15 is 0 Å². The monoisotopic (exact) mass is 432 g/mol. The van der Waals surface area contributed by atoms with E-state index in [1.54, 1.807) is 7.11 Å². The molecule has 1 aliphatic rings. The van der Waals surface area contributed by atoms with Gasteiger partial charge in [-0.2, -0.15) is 0 Å². The highest BCUT2D eigenvalue weighted by Crippen LogP contribution is 2.26. The van der Waals surface area contributed by atoms with E-state index < -0.39 is 0 Å². The highest BCUT2D eigenvalue weighted by Gasteiger charge is 2.24. The lowest BCUT2D eigenvalue weighted by Gasteiger charge is -2.23. The second kappa shape index (κ2) is 10.3. The fraction of sp³-hybridized carbons (Fsp3) is 0.500. The number of carbonyl (C=O) groups excluding carboxylic acids is 1. The molecule has 1 aliphatic carbocycles. The van der Waals surface area contributed by atoms with Gasteiger partial charge in [-0.15, -0.1) is 24.0 Å². The third-order valence-electron chi connectivity index (χ3n) is 3.75. The summed E-state index contributed by atoms with van der Waals surface area (Å²) in [6.07, 6.45) is 4.02. The summed E-state index contributed by atoms with van der Waals surface area (Å²) < 4.78 is 5.09. The molecular formula is C16H25IN4O2. The van der Waals surface area contributed by atoms with E-state index in [4.69, 9.17) is 10.5 Å². The average Bonchev–Trinajstić information content (AvgIpc) is 2.46. The number of hydrogen-bond acceptors (Lipinski definition) is 3. The molecule has 6 nitrogen and oxygen atoms in total. The highest BCUT2D eigenvalue weighted by molar-refractivity contribution is 14.0. The molecule has 1 aromatic rings. The van der Waals surface area contributed by atoms with Crippen LogP contribution in [0, 0.1) is 5.92 Å². The second-order valence-electron chi connectivity index (χ2n) is 5.39. The van der Waals surface area contributed by atoms with Crippen molar-refractivity contribution in [3.63, 3.8) is 0 Å². The van der Waals surface area contributed by atoms with Gasteiger partial charge in [-0.1, -0.05) is 6.42 Å². The van der Waals surface area contributed by atoms with Crippen molar-refractivity contribution in [2.24, 2.45) is 16.6 Å². The van der Waals surface area contributed by atoms with Crippen molar-refractivity contribution in [1.29, 1.82) is 0 Å². The van der Waals surface area contributed by atoms with Gasteiger partial charge in [-0.25, -0.2) is 0 Å². The largest absolute Gasteiger partial charge is 0.497 e. The van der Waals surface area contributed by atoms with E-state index in [0.29, 0.717) is 19.0 Å². The van der Waals surface area contributed by atoms with E-state index in [-0.39, 0.29) is 35.8 Å². The van der Waals surface area contributed by atoms with Crippen LogP contribution in [0.2, 0.25) is 0 Å². The first kappa shape index (κ1) is 19.5. The maximum absolute atomic E-state index is 11.6. The van der Waals surface area contributed by atoms with Gasteiger partial charge >= 0.3 is 0 Å². The zero-order valence-corrected chi connectivity index (χ0v) is 15.7. The molecule has 0 spiro atoms. The van der Waals surface area contributed by atoms with Crippen LogP contribution >= 0.6 is 24.0 Å². The number of benzene rings is 1. The van der Waals surface area contributed by atoms with E-state index in [1.165, 1.54) is 6.42 Å². The standard InChI is InChI=1S/C16H24N4O2.HI/c1-22-14-8-6-13(7-9-14)20-16(17)19-11-3-10-18-15(21)12-4-2-5-12;/h6-9,12H,2-5,10-11H2,1H3,(H,18,21)(H3,17,19,20);1H. The molecule has 7 heteroatoms. The number of hydrogen-bond donors (Lipinski definition) is 3. The summed E-state index contributed by atoms with van der Waals surface area (Å²) in [5.74, 6) is 1.59. The third-order valence-corrected chi connectivity index (χ3v) is 3.75. The summed E-state index contributed by atoms with van der Waals surface area (Å²) in [5.41, 5.74) is 6.68. The summed E-state index contributed by atoms with van der Waals surface area (Å²) >= 11 is 0. The van der Waals surface area contributed by atoms with Crippen molar-refractivity contribution in [3.8, 4) is 5.75 Å². The van der Waals surface area contributed by atoms with Crippen LogP contribution in [0.4, 0.5) is 5.69 Å². The Morgan fingerprint density at radius 1 is 1.35 bits per heavy atom. The lowest BCUT2D eigenvalue weighted by atomic mass is 9.85. The fourth-order valence-corrected chi connectivity index (χ4v) is 2.17. The molecule has 23 heavy (non-hydrogen) atoms. The Balaban J connectivity index is 0.00000264. The molecule has 0 heterocycles. The Morgan fingerprint density at radius 3 is 2.61 bits per heavy atom. The van der Waals surface area contributed by atoms with Gasteiger partial charge in [-0.3, -0.25) is 9.79 Å². The van der Waals surface area contributed by atoms with Gasteiger partial charge in [0.1, 0.15) is 5.75 Å². The molecule has 0 saturated heterocycles. The Morgan fingerprint density at radius 2 is 2.04 bits per heavy atom. The summed E-state index contributed by atoms with van der Waals surface area (Å²) in [6.45, 7) is 1.23. The summed E-state index contributed by atoms with van der Waals surface area (Å²) in [5, 5.41) is 5.95. The summed E-state index contributed by atoms with van der Waals surface area (Å²) in [4.78, 5) is 15.9. The molecule has 0 bridgehead atoms. The molecular weight excluding hydrogens is 407 g/mol. The van der Waals surface area contributed by atoms with E-state index in [1.807, 2.05) is 24.3 Å². The van der Waals surface area contributed by atoms with Crippen LogP contribution in [0.25, 0.3) is 0 Å². The van der Waals surface area contributed by atoms with Gasteiger partial charge in [-0.05, 0) is 43.5 Å². The predicted molar refractivity (Wildman–Crippen MR) is 103 cm³/mol. The van der Waals surface area contributed by atoms with Crippen molar-refractivity contribution in [2.75, 3.05) is 25.5 Å². The van der Waals surface area contributed by atoms with Gasteiger partial charge in [0.05, 0.1) is 7.11 Å². The second-order valence-corrected chi connectivity index (χ2v) is 5.39. The number of aliphatic imine (C=N–C) groups is 1. The van der Waals surface area contributed by atoms with Gasteiger partial charge in [0.25, 0.3) is 0 Å². The van der Waals surface area contributed by atoms with Crippen LogP contribution in [0.15, 0.2) is 29.3 Å². The minimum absolute atomic E-state index is 0. The molecule has 1 saturated carbocycles. The molecule has 2 rings (SSSR count). The van der Waals surface area contributed by atoms with Crippen LogP contribution in [0.5, 0.6) is 5.75 Å². The molecule has 1 aromatic carbocycles. The Hall–Kier alpha value is -1.51. The number of carbonyl (C=O) groups is 1. The first-order valence-electron chi connectivity index (χ1n) is 7.68. The molecule has 0 atom stereocenters. The maximum atomic E-state index is 11.6. The normalized spacial score (nSPS) is 14.4. The van der Waals surface area contributed by atoms with Gasteiger partial charge in [0.15, 0.2) is 5.96 Å². The summed E-state index contributed by atoms with van der Waals surface area (Å²) in [7, 11) is 1.63. The molecule has 4 N–H and O–H groups in total. The molecule has 0 radical (unpaired) electrons. The molecule has 0 aliphatic heterocycles. The van der Waals surface area contributed by atoms with Crippen molar-refractivity contribution in [1.82, 2.24) is 5.32 Å². The SMILES string of the molecule is COc1ccc(NC(N)=NCCCNC(=O)C2CCC2)cc1.I. The first-order valence-corrected chi connectivity index (χ1v) is 7.68. The quantitative estimate of drug-likeness (QED) is 0.267. The Labute approximate surface area is 154 Å². The topological polar surface area (TPSA) is 88.7 Å². The smallest absolute Gasteiger partial charge is 0.223 e. The number of nitrogens with two attached hydrogens (primary N) is 1. The van der Waals surface area contributed by atoms with E-state index in [2.05, 4.69) is 15.6 Å². The number of halogens is 1. The molecule has 0 unspecified atom stereocenters. The average molecular weight is 432 g/mol. The minimum Gasteiger partial charge on any atom is -0.497 e. The number of nitrogens with zero attached hydrogens (tertiary/aromatic N) is 1. The maximum Gasteiger partial charge on any atom is 0.223 e. The van der Waals surface area contributed by atoms with Crippen LogP contribution in [-0.2, 0) is 4.79 Å². The van der Waals surface area contributed by atoms with Crippen LogP contribution in [0.1, 0.15) is 25.7 Å². The number of anilines is 1. The van der Waals surface area contributed by atoms with Gasteiger partial charge in [0.2, 0.25) is 5.91 Å². The van der Waals surface area contributed by atoms with E-state index in [0.717, 1.165) is 30.7 Å².